The van der Waals surface area contributed by atoms with Gasteiger partial charge in [-0.1, -0.05) is 19.1 Å². The number of hydrogen-bond donors (Lipinski definition) is 1. The van der Waals surface area contributed by atoms with Crippen LogP contribution in [0.1, 0.15) is 25.3 Å². The smallest absolute Gasteiger partial charge is 0.0507 e. The lowest BCUT2D eigenvalue weighted by atomic mass is 10.1. The second kappa shape index (κ2) is 6.76. The van der Waals surface area contributed by atoms with Gasteiger partial charge in [0.25, 0.3) is 0 Å². The Hall–Kier alpha value is -1.06. The number of nitrogens with two attached hydrogens (primary N) is 1. The lowest BCUT2D eigenvalue weighted by Gasteiger charge is -2.24. The molecule has 2 rings (SSSR count). The molecule has 0 spiro atoms. The number of ether oxygens (including phenoxy) is 1. The normalized spacial score (nSPS) is 19.6. The van der Waals surface area contributed by atoms with E-state index in [9.17, 15) is 0 Å². The van der Waals surface area contributed by atoms with E-state index in [0.29, 0.717) is 5.92 Å². The molecule has 1 atom stereocenters. The van der Waals surface area contributed by atoms with E-state index >= 15 is 0 Å². The Morgan fingerprint density at radius 3 is 3.00 bits per heavy atom. The highest BCUT2D eigenvalue weighted by Gasteiger charge is 2.18. The second-order valence-electron chi connectivity index (χ2n) is 5.21. The van der Waals surface area contributed by atoms with Crippen molar-refractivity contribution in [3.05, 3.63) is 29.8 Å². The minimum Gasteiger partial charge on any atom is -0.399 e. The van der Waals surface area contributed by atoms with Gasteiger partial charge in [0.15, 0.2) is 0 Å². The fourth-order valence-electron chi connectivity index (χ4n) is 2.59. The van der Waals surface area contributed by atoms with Gasteiger partial charge in [-0.3, -0.25) is 4.90 Å². The predicted molar refractivity (Wildman–Crippen MR) is 75.3 cm³/mol. The van der Waals surface area contributed by atoms with Crippen molar-refractivity contribution in [3.8, 4) is 0 Å². The standard InChI is InChI=1S/C15H24N2O/c1-2-7-17(11-14-6-8-18-12-14)10-13-4-3-5-15(16)9-13/h3-5,9,14H,2,6-8,10-12,16H2,1H3. The Morgan fingerprint density at radius 1 is 1.44 bits per heavy atom. The van der Waals surface area contributed by atoms with Crippen LogP contribution in [0.15, 0.2) is 24.3 Å². The zero-order valence-electron chi connectivity index (χ0n) is 11.3. The molecular weight excluding hydrogens is 224 g/mol. The number of nitrogens with zero attached hydrogens (tertiary/aromatic N) is 1. The summed E-state index contributed by atoms with van der Waals surface area (Å²) in [6, 6.07) is 8.21. The Balaban J connectivity index is 1.92. The Kier molecular flexibility index (Phi) is 5.02. The highest BCUT2D eigenvalue weighted by Crippen LogP contribution is 2.16. The fraction of sp³-hybridized carbons (Fsp3) is 0.600. The molecule has 0 amide bonds. The quantitative estimate of drug-likeness (QED) is 0.786. The SMILES string of the molecule is CCCN(Cc1cccc(N)c1)CC1CCOC1. The molecule has 1 saturated heterocycles. The van der Waals surface area contributed by atoms with Crippen LogP contribution in [0.5, 0.6) is 0 Å². The maximum atomic E-state index is 5.83. The summed E-state index contributed by atoms with van der Waals surface area (Å²) >= 11 is 0. The second-order valence-corrected chi connectivity index (χ2v) is 5.21. The molecule has 1 aliphatic heterocycles. The molecule has 3 nitrogen and oxygen atoms in total. The predicted octanol–water partition coefficient (Wildman–Crippen LogP) is 2.52. The van der Waals surface area contributed by atoms with Crippen LogP contribution in [0.4, 0.5) is 5.69 Å². The summed E-state index contributed by atoms with van der Waals surface area (Å²) in [5.74, 6) is 0.706. The molecule has 1 unspecified atom stereocenters. The van der Waals surface area contributed by atoms with E-state index in [-0.39, 0.29) is 0 Å². The Labute approximate surface area is 110 Å². The van der Waals surface area contributed by atoms with Crippen molar-refractivity contribution in [3.63, 3.8) is 0 Å². The van der Waals surface area contributed by atoms with Crippen molar-refractivity contribution in [2.24, 2.45) is 5.92 Å². The maximum absolute atomic E-state index is 5.83. The fourth-order valence-corrected chi connectivity index (χ4v) is 2.59. The molecule has 3 heteroatoms. The minimum absolute atomic E-state index is 0.706. The van der Waals surface area contributed by atoms with Crippen molar-refractivity contribution >= 4 is 5.69 Å². The van der Waals surface area contributed by atoms with Gasteiger partial charge >= 0.3 is 0 Å². The third-order valence-electron chi connectivity index (χ3n) is 3.44. The first kappa shape index (κ1) is 13.4. The molecular formula is C15H24N2O. The molecule has 0 radical (unpaired) electrons. The summed E-state index contributed by atoms with van der Waals surface area (Å²) in [6.45, 7) is 7.38. The zero-order chi connectivity index (χ0) is 12.8. The van der Waals surface area contributed by atoms with Crippen molar-refractivity contribution in [1.29, 1.82) is 0 Å². The van der Waals surface area contributed by atoms with Gasteiger partial charge in [0.05, 0.1) is 6.61 Å². The third-order valence-corrected chi connectivity index (χ3v) is 3.44. The Morgan fingerprint density at radius 2 is 2.33 bits per heavy atom. The van der Waals surface area contributed by atoms with Crippen LogP contribution in [-0.4, -0.2) is 31.2 Å². The van der Waals surface area contributed by atoms with Gasteiger partial charge < -0.3 is 10.5 Å². The number of benzene rings is 1. The lowest BCUT2D eigenvalue weighted by molar-refractivity contribution is 0.164. The van der Waals surface area contributed by atoms with Gasteiger partial charge in [0.2, 0.25) is 0 Å². The van der Waals surface area contributed by atoms with E-state index in [4.69, 9.17) is 10.5 Å². The summed E-state index contributed by atoms with van der Waals surface area (Å²) < 4.78 is 5.46. The summed E-state index contributed by atoms with van der Waals surface area (Å²) in [4.78, 5) is 2.52. The summed E-state index contributed by atoms with van der Waals surface area (Å²) in [7, 11) is 0. The average molecular weight is 248 g/mol. The molecule has 1 aromatic rings. The van der Waals surface area contributed by atoms with E-state index in [1.165, 1.54) is 18.4 Å². The van der Waals surface area contributed by atoms with Crippen LogP contribution in [-0.2, 0) is 11.3 Å². The number of hydrogen-bond acceptors (Lipinski definition) is 3. The first-order valence-corrected chi connectivity index (χ1v) is 6.92. The molecule has 1 heterocycles. The van der Waals surface area contributed by atoms with E-state index in [2.05, 4.69) is 24.0 Å². The number of anilines is 1. The molecule has 0 saturated carbocycles. The van der Waals surface area contributed by atoms with E-state index in [0.717, 1.165) is 38.5 Å². The number of nitrogen functional groups attached to an aromatic ring is 1. The summed E-state index contributed by atoms with van der Waals surface area (Å²) in [5, 5.41) is 0. The maximum Gasteiger partial charge on any atom is 0.0507 e. The highest BCUT2D eigenvalue weighted by molar-refractivity contribution is 5.40. The molecule has 1 aromatic carbocycles. The van der Waals surface area contributed by atoms with E-state index < -0.39 is 0 Å². The van der Waals surface area contributed by atoms with E-state index in [1.54, 1.807) is 0 Å². The highest BCUT2D eigenvalue weighted by atomic mass is 16.5. The molecule has 0 bridgehead atoms. The van der Waals surface area contributed by atoms with Crippen LogP contribution in [0.3, 0.4) is 0 Å². The monoisotopic (exact) mass is 248 g/mol. The van der Waals surface area contributed by atoms with Gasteiger partial charge in [-0.25, -0.2) is 0 Å². The Bertz CT molecular complexity index is 361. The van der Waals surface area contributed by atoms with Crippen molar-refractivity contribution in [2.45, 2.75) is 26.3 Å². The number of rotatable bonds is 6. The first-order valence-electron chi connectivity index (χ1n) is 6.92. The zero-order valence-corrected chi connectivity index (χ0v) is 11.3. The van der Waals surface area contributed by atoms with Crippen LogP contribution >= 0.6 is 0 Å². The van der Waals surface area contributed by atoms with Crippen molar-refractivity contribution < 1.29 is 4.74 Å². The molecule has 100 valence electrons. The van der Waals surface area contributed by atoms with Gasteiger partial charge in [0.1, 0.15) is 0 Å². The van der Waals surface area contributed by atoms with Crippen molar-refractivity contribution in [1.82, 2.24) is 4.90 Å². The van der Waals surface area contributed by atoms with Crippen LogP contribution < -0.4 is 5.73 Å². The summed E-state index contributed by atoms with van der Waals surface area (Å²) in [6.07, 6.45) is 2.40. The molecule has 18 heavy (non-hydrogen) atoms. The van der Waals surface area contributed by atoms with Gasteiger partial charge in [0, 0.05) is 25.4 Å². The van der Waals surface area contributed by atoms with Crippen LogP contribution in [0.25, 0.3) is 0 Å². The summed E-state index contributed by atoms with van der Waals surface area (Å²) in [5.41, 5.74) is 8.00. The topological polar surface area (TPSA) is 38.5 Å². The first-order chi connectivity index (χ1) is 8.78. The van der Waals surface area contributed by atoms with Crippen LogP contribution in [0, 0.1) is 5.92 Å². The van der Waals surface area contributed by atoms with E-state index in [1.807, 2.05) is 12.1 Å². The lowest BCUT2D eigenvalue weighted by Crippen LogP contribution is -2.30. The molecule has 2 N–H and O–H groups in total. The molecule has 1 aliphatic rings. The van der Waals surface area contributed by atoms with Gasteiger partial charge in [-0.05, 0) is 43.0 Å². The van der Waals surface area contributed by atoms with Crippen LogP contribution in [0.2, 0.25) is 0 Å². The molecule has 0 aromatic heterocycles. The molecule has 1 fully saturated rings. The average Bonchev–Trinajstić information content (AvgIpc) is 2.82. The largest absolute Gasteiger partial charge is 0.399 e. The van der Waals surface area contributed by atoms with Gasteiger partial charge in [-0.2, -0.15) is 0 Å². The third kappa shape index (κ3) is 4.00. The van der Waals surface area contributed by atoms with Crippen molar-refractivity contribution in [2.75, 3.05) is 32.0 Å². The van der Waals surface area contributed by atoms with Gasteiger partial charge in [-0.15, -0.1) is 0 Å². The minimum atomic E-state index is 0.706. The molecule has 0 aliphatic carbocycles.